The molecular formula is C19H23N3O6. The van der Waals surface area contributed by atoms with Gasteiger partial charge in [0.05, 0.1) is 13.5 Å². The third-order valence-corrected chi connectivity index (χ3v) is 4.10. The lowest BCUT2D eigenvalue weighted by molar-refractivity contribution is -0.141. The van der Waals surface area contributed by atoms with Gasteiger partial charge < -0.3 is 15.2 Å². The number of aromatic amines is 1. The van der Waals surface area contributed by atoms with Gasteiger partial charge >= 0.3 is 11.7 Å². The second-order valence-corrected chi connectivity index (χ2v) is 6.25. The normalized spacial score (nSPS) is 10.5. The van der Waals surface area contributed by atoms with Crippen molar-refractivity contribution in [3.05, 3.63) is 55.7 Å². The SMILES string of the molecule is CCCn1c(N)c(C(=O)COC(=O)Cc2cc(C)ccc2OC)c(=O)[nH]c1=O. The Labute approximate surface area is 161 Å². The summed E-state index contributed by atoms with van der Waals surface area (Å²) in [6.07, 6.45) is 0.483. The average molecular weight is 389 g/mol. The van der Waals surface area contributed by atoms with Crippen molar-refractivity contribution < 1.29 is 19.1 Å². The van der Waals surface area contributed by atoms with Gasteiger partial charge in [-0.3, -0.25) is 23.9 Å². The molecule has 0 bridgehead atoms. The number of esters is 1. The van der Waals surface area contributed by atoms with Crippen molar-refractivity contribution in [2.75, 3.05) is 19.5 Å². The van der Waals surface area contributed by atoms with Gasteiger partial charge in [-0.05, 0) is 19.4 Å². The van der Waals surface area contributed by atoms with Crippen LogP contribution in [-0.2, 0) is 22.5 Å². The third-order valence-electron chi connectivity index (χ3n) is 4.10. The average Bonchev–Trinajstić information content (AvgIpc) is 2.63. The summed E-state index contributed by atoms with van der Waals surface area (Å²) in [4.78, 5) is 50.3. The fourth-order valence-corrected chi connectivity index (χ4v) is 2.77. The van der Waals surface area contributed by atoms with Crippen molar-refractivity contribution in [1.82, 2.24) is 9.55 Å². The number of nitrogen functional groups attached to an aromatic ring is 1. The van der Waals surface area contributed by atoms with Crippen LogP contribution in [0.4, 0.5) is 5.82 Å². The van der Waals surface area contributed by atoms with Crippen LogP contribution in [0, 0.1) is 6.92 Å². The molecule has 0 unspecified atom stereocenters. The number of anilines is 1. The first-order valence-electron chi connectivity index (χ1n) is 8.73. The van der Waals surface area contributed by atoms with Gasteiger partial charge in [0.2, 0.25) is 5.78 Å². The minimum atomic E-state index is -0.906. The Kier molecular flexibility index (Phi) is 6.75. The van der Waals surface area contributed by atoms with E-state index < -0.39 is 35.2 Å². The summed E-state index contributed by atoms with van der Waals surface area (Å²) < 4.78 is 11.3. The molecule has 0 spiro atoms. The summed E-state index contributed by atoms with van der Waals surface area (Å²) in [7, 11) is 1.49. The highest BCUT2D eigenvalue weighted by molar-refractivity contribution is 6.01. The van der Waals surface area contributed by atoms with E-state index >= 15 is 0 Å². The van der Waals surface area contributed by atoms with Crippen LogP contribution < -0.4 is 21.7 Å². The number of carbonyl (C=O) groups is 2. The second kappa shape index (κ2) is 9.03. The molecule has 1 aromatic carbocycles. The number of aromatic nitrogens is 2. The fourth-order valence-electron chi connectivity index (χ4n) is 2.77. The Morgan fingerprint density at radius 2 is 1.96 bits per heavy atom. The molecule has 0 radical (unpaired) electrons. The van der Waals surface area contributed by atoms with Gasteiger partial charge in [0.15, 0.2) is 6.61 Å². The largest absolute Gasteiger partial charge is 0.496 e. The molecule has 0 aliphatic carbocycles. The minimum Gasteiger partial charge on any atom is -0.496 e. The summed E-state index contributed by atoms with van der Waals surface area (Å²) in [6.45, 7) is 3.27. The number of hydrogen-bond acceptors (Lipinski definition) is 7. The summed E-state index contributed by atoms with van der Waals surface area (Å²) >= 11 is 0. The quantitative estimate of drug-likeness (QED) is 0.504. The number of methoxy groups -OCH3 is 1. The minimum absolute atomic E-state index is 0.0979. The van der Waals surface area contributed by atoms with Crippen LogP contribution in [0.5, 0.6) is 5.75 Å². The molecule has 9 heteroatoms. The van der Waals surface area contributed by atoms with Crippen molar-refractivity contribution in [2.24, 2.45) is 0 Å². The topological polar surface area (TPSA) is 133 Å². The number of aryl methyl sites for hydroxylation is 1. The van der Waals surface area contributed by atoms with E-state index in [9.17, 15) is 19.2 Å². The summed E-state index contributed by atoms with van der Waals surface area (Å²) in [5, 5.41) is 0. The number of nitrogens with one attached hydrogen (secondary N) is 1. The van der Waals surface area contributed by atoms with Gasteiger partial charge in [-0.2, -0.15) is 0 Å². The number of carbonyl (C=O) groups excluding carboxylic acids is 2. The monoisotopic (exact) mass is 389 g/mol. The van der Waals surface area contributed by atoms with Crippen molar-refractivity contribution >= 4 is 17.6 Å². The van der Waals surface area contributed by atoms with Crippen LogP contribution >= 0.6 is 0 Å². The number of H-pyrrole nitrogens is 1. The molecule has 28 heavy (non-hydrogen) atoms. The van der Waals surface area contributed by atoms with Gasteiger partial charge in [0.1, 0.15) is 17.1 Å². The number of nitrogens with two attached hydrogens (primary N) is 1. The Balaban J connectivity index is 2.13. The first kappa shape index (κ1) is 20.9. The van der Waals surface area contributed by atoms with Crippen LogP contribution in [0.1, 0.15) is 34.8 Å². The van der Waals surface area contributed by atoms with E-state index in [1.807, 2.05) is 19.9 Å². The number of rotatable bonds is 8. The van der Waals surface area contributed by atoms with Crippen LogP contribution in [0.15, 0.2) is 27.8 Å². The lowest BCUT2D eigenvalue weighted by atomic mass is 10.1. The molecule has 0 saturated heterocycles. The number of benzene rings is 1. The Bertz CT molecular complexity index is 1010. The molecule has 0 atom stereocenters. The van der Waals surface area contributed by atoms with E-state index in [2.05, 4.69) is 4.98 Å². The molecule has 0 saturated carbocycles. The molecule has 1 aromatic heterocycles. The maximum absolute atomic E-state index is 12.4. The van der Waals surface area contributed by atoms with Gasteiger partial charge in [0.25, 0.3) is 5.56 Å². The van der Waals surface area contributed by atoms with E-state index in [0.717, 1.165) is 10.1 Å². The Morgan fingerprint density at radius 3 is 2.61 bits per heavy atom. The van der Waals surface area contributed by atoms with Crippen molar-refractivity contribution in [2.45, 2.75) is 33.2 Å². The molecular weight excluding hydrogens is 366 g/mol. The molecule has 150 valence electrons. The lowest BCUT2D eigenvalue weighted by Crippen LogP contribution is -2.37. The lowest BCUT2D eigenvalue weighted by Gasteiger charge is -2.12. The summed E-state index contributed by atoms with van der Waals surface area (Å²) in [5.41, 5.74) is 5.39. The fraction of sp³-hybridized carbons (Fsp3) is 0.368. The zero-order chi connectivity index (χ0) is 20.8. The molecule has 2 rings (SSSR count). The number of hydrogen-bond donors (Lipinski definition) is 2. The van der Waals surface area contributed by atoms with Crippen LogP contribution in [0.3, 0.4) is 0 Å². The molecule has 9 nitrogen and oxygen atoms in total. The van der Waals surface area contributed by atoms with Crippen LogP contribution in [-0.4, -0.2) is 35.0 Å². The zero-order valence-electron chi connectivity index (χ0n) is 16.0. The van der Waals surface area contributed by atoms with E-state index in [1.54, 1.807) is 12.1 Å². The molecule has 0 aliphatic heterocycles. The third kappa shape index (κ3) is 4.67. The standard InChI is InChI=1S/C19H23N3O6/c1-4-7-22-17(20)16(18(25)21-19(22)26)13(23)10-28-15(24)9-12-8-11(2)5-6-14(12)27-3/h5-6,8H,4,7,9-10,20H2,1-3H3,(H,21,25,26). The highest BCUT2D eigenvalue weighted by atomic mass is 16.5. The van der Waals surface area contributed by atoms with E-state index in [-0.39, 0.29) is 18.8 Å². The smallest absolute Gasteiger partial charge is 0.329 e. The maximum atomic E-state index is 12.4. The van der Waals surface area contributed by atoms with Crippen LogP contribution in [0.25, 0.3) is 0 Å². The maximum Gasteiger partial charge on any atom is 0.329 e. The predicted octanol–water partition coefficient (Wildman–Crippen LogP) is 0.814. The molecule has 1 heterocycles. The van der Waals surface area contributed by atoms with Gasteiger partial charge in [0, 0.05) is 12.1 Å². The Hall–Kier alpha value is -3.36. The zero-order valence-corrected chi connectivity index (χ0v) is 16.0. The number of Topliss-reactive ketones (excluding diaryl/α,β-unsaturated/α-hetero) is 1. The van der Waals surface area contributed by atoms with Crippen molar-refractivity contribution in [1.29, 1.82) is 0 Å². The number of nitrogens with zero attached hydrogens (tertiary/aromatic N) is 1. The first-order chi connectivity index (χ1) is 13.3. The van der Waals surface area contributed by atoms with Gasteiger partial charge in [-0.15, -0.1) is 0 Å². The summed E-state index contributed by atoms with van der Waals surface area (Å²) in [6, 6.07) is 5.36. The highest BCUT2D eigenvalue weighted by Gasteiger charge is 2.21. The molecule has 0 fully saturated rings. The second-order valence-electron chi connectivity index (χ2n) is 6.25. The van der Waals surface area contributed by atoms with E-state index in [0.29, 0.717) is 17.7 Å². The van der Waals surface area contributed by atoms with Crippen LogP contribution in [0.2, 0.25) is 0 Å². The van der Waals surface area contributed by atoms with E-state index in [1.165, 1.54) is 7.11 Å². The van der Waals surface area contributed by atoms with Gasteiger partial charge in [-0.25, -0.2) is 4.79 Å². The van der Waals surface area contributed by atoms with Crippen molar-refractivity contribution in [3.8, 4) is 5.75 Å². The van der Waals surface area contributed by atoms with Crippen molar-refractivity contribution in [3.63, 3.8) is 0 Å². The predicted molar refractivity (Wildman–Crippen MR) is 103 cm³/mol. The molecule has 0 aliphatic rings. The summed E-state index contributed by atoms with van der Waals surface area (Å²) in [5.74, 6) is -1.15. The number of ketones is 1. The number of ether oxygens (including phenoxy) is 2. The van der Waals surface area contributed by atoms with Gasteiger partial charge in [-0.1, -0.05) is 24.6 Å². The Morgan fingerprint density at radius 1 is 1.25 bits per heavy atom. The first-order valence-corrected chi connectivity index (χ1v) is 8.73. The molecule has 3 N–H and O–H groups in total. The molecule has 2 aromatic rings. The highest BCUT2D eigenvalue weighted by Crippen LogP contribution is 2.20. The molecule has 0 amide bonds. The van der Waals surface area contributed by atoms with E-state index in [4.69, 9.17) is 15.2 Å².